The monoisotopic (exact) mass is 394 g/mol. The third-order valence-corrected chi connectivity index (χ3v) is 4.76. The van der Waals surface area contributed by atoms with E-state index in [1.807, 2.05) is 39.8 Å². The molecule has 1 aliphatic rings. The number of benzene rings is 1. The van der Waals surface area contributed by atoms with E-state index in [-0.39, 0.29) is 23.4 Å². The fourth-order valence-corrected chi connectivity index (χ4v) is 3.37. The molecule has 0 spiro atoms. The number of nitrogens with one attached hydrogen (secondary N) is 2. The number of rotatable bonds is 5. The van der Waals surface area contributed by atoms with E-state index < -0.39 is 0 Å². The number of carbonyl (C=O) groups is 2. The molecule has 0 saturated carbocycles. The van der Waals surface area contributed by atoms with E-state index in [0.717, 1.165) is 32.6 Å². The summed E-state index contributed by atoms with van der Waals surface area (Å²) in [7, 11) is 0. The normalized spacial score (nSPS) is 17.8. The maximum absolute atomic E-state index is 12.6. The van der Waals surface area contributed by atoms with E-state index in [2.05, 4.69) is 20.4 Å². The fourth-order valence-electron chi connectivity index (χ4n) is 3.18. The van der Waals surface area contributed by atoms with Gasteiger partial charge in [0.05, 0.1) is 12.6 Å². The molecule has 27 heavy (non-hydrogen) atoms. The molecule has 1 aromatic carbocycles. The van der Waals surface area contributed by atoms with E-state index in [1.54, 1.807) is 12.1 Å². The summed E-state index contributed by atoms with van der Waals surface area (Å²) in [6.45, 7) is 11.5. The average molecular weight is 395 g/mol. The molecule has 0 bridgehead atoms. The predicted molar refractivity (Wildman–Crippen MR) is 110 cm³/mol. The highest BCUT2D eigenvalue weighted by atomic mass is 35.5. The molecule has 7 heteroatoms. The predicted octanol–water partition coefficient (Wildman–Crippen LogP) is 2.59. The van der Waals surface area contributed by atoms with Crippen molar-refractivity contribution in [1.29, 1.82) is 0 Å². The molecule has 0 unspecified atom stereocenters. The zero-order valence-electron chi connectivity index (χ0n) is 16.7. The lowest BCUT2D eigenvalue weighted by molar-refractivity contribution is -0.124. The summed E-state index contributed by atoms with van der Waals surface area (Å²) in [6, 6.07) is 6.92. The van der Waals surface area contributed by atoms with Gasteiger partial charge in [-0.15, -0.1) is 0 Å². The van der Waals surface area contributed by atoms with Gasteiger partial charge < -0.3 is 10.6 Å². The van der Waals surface area contributed by atoms with Crippen LogP contribution in [0, 0.1) is 0 Å². The second kappa shape index (κ2) is 9.53. The zero-order valence-corrected chi connectivity index (χ0v) is 17.5. The van der Waals surface area contributed by atoms with Crippen molar-refractivity contribution >= 4 is 29.1 Å². The van der Waals surface area contributed by atoms with Gasteiger partial charge in [0.2, 0.25) is 11.8 Å². The maximum Gasteiger partial charge on any atom is 0.241 e. The topological polar surface area (TPSA) is 64.7 Å². The molecule has 1 heterocycles. The smallest absolute Gasteiger partial charge is 0.241 e. The molecule has 1 aromatic rings. The molecular weight excluding hydrogens is 364 g/mol. The minimum Gasteiger partial charge on any atom is -0.350 e. The molecule has 150 valence electrons. The molecule has 1 saturated heterocycles. The summed E-state index contributed by atoms with van der Waals surface area (Å²) in [4.78, 5) is 29.1. The highest BCUT2D eigenvalue weighted by molar-refractivity contribution is 6.30. The Labute approximate surface area is 167 Å². The summed E-state index contributed by atoms with van der Waals surface area (Å²) in [5.41, 5.74) is 0.483. The molecule has 6 nitrogen and oxygen atoms in total. The number of amides is 2. The first-order valence-corrected chi connectivity index (χ1v) is 9.86. The van der Waals surface area contributed by atoms with Crippen LogP contribution in [0.5, 0.6) is 0 Å². The molecule has 2 N–H and O–H groups in total. The average Bonchev–Trinajstić information content (AvgIpc) is 2.78. The molecule has 2 rings (SSSR count). The van der Waals surface area contributed by atoms with Crippen LogP contribution in [-0.4, -0.2) is 65.9 Å². The molecule has 0 aromatic heterocycles. The van der Waals surface area contributed by atoms with Crippen molar-refractivity contribution in [2.75, 3.05) is 38.0 Å². The summed E-state index contributed by atoms with van der Waals surface area (Å²) < 4.78 is 0. The fraction of sp³-hybridized carbons (Fsp3) is 0.600. The van der Waals surface area contributed by atoms with E-state index >= 15 is 0 Å². The number of carbonyl (C=O) groups excluding carboxylic acids is 2. The molecule has 1 fully saturated rings. The van der Waals surface area contributed by atoms with Crippen LogP contribution in [0.4, 0.5) is 5.69 Å². The molecule has 2 amide bonds. The van der Waals surface area contributed by atoms with E-state index in [1.165, 1.54) is 0 Å². The minimum atomic E-state index is -0.243. The molecule has 0 aliphatic carbocycles. The van der Waals surface area contributed by atoms with Crippen molar-refractivity contribution in [3.63, 3.8) is 0 Å². The zero-order chi connectivity index (χ0) is 20.0. The van der Waals surface area contributed by atoms with Gasteiger partial charge in [-0.2, -0.15) is 0 Å². The van der Waals surface area contributed by atoms with Crippen LogP contribution in [0.3, 0.4) is 0 Å². The summed E-state index contributed by atoms with van der Waals surface area (Å²) >= 11 is 5.98. The van der Waals surface area contributed by atoms with Crippen molar-refractivity contribution in [2.45, 2.75) is 45.7 Å². The Morgan fingerprint density at radius 1 is 1.19 bits per heavy atom. The number of nitrogens with zero attached hydrogens (tertiary/aromatic N) is 2. The van der Waals surface area contributed by atoms with Crippen LogP contribution in [0.15, 0.2) is 24.3 Å². The van der Waals surface area contributed by atoms with Crippen LogP contribution in [0.25, 0.3) is 0 Å². The van der Waals surface area contributed by atoms with Crippen LogP contribution < -0.4 is 10.6 Å². The number of halogens is 1. The van der Waals surface area contributed by atoms with Crippen LogP contribution in [-0.2, 0) is 9.59 Å². The van der Waals surface area contributed by atoms with Gasteiger partial charge in [-0.3, -0.25) is 19.4 Å². The van der Waals surface area contributed by atoms with E-state index in [4.69, 9.17) is 11.6 Å². The number of anilines is 1. The highest BCUT2D eigenvalue weighted by Gasteiger charge is 2.25. The molecular formula is C20H31ClN4O2. The Morgan fingerprint density at radius 3 is 2.59 bits per heavy atom. The summed E-state index contributed by atoms with van der Waals surface area (Å²) in [5, 5.41) is 6.53. The largest absolute Gasteiger partial charge is 0.350 e. The standard InChI is InChI=1S/C20H31ClN4O2/c1-15(19(27)22-17-8-5-7-16(21)13-17)25-10-6-9-24(11-12-25)14-18(26)23-20(2,3)4/h5,7-8,13,15H,6,9-12,14H2,1-4H3,(H,22,27)(H,23,26)/t15-/m1/s1. The van der Waals surface area contributed by atoms with Crippen molar-refractivity contribution in [1.82, 2.24) is 15.1 Å². The number of hydrogen-bond acceptors (Lipinski definition) is 4. The first-order chi connectivity index (χ1) is 12.6. The van der Waals surface area contributed by atoms with Crippen LogP contribution >= 0.6 is 11.6 Å². The highest BCUT2D eigenvalue weighted by Crippen LogP contribution is 2.16. The Morgan fingerprint density at radius 2 is 1.93 bits per heavy atom. The lowest BCUT2D eigenvalue weighted by Gasteiger charge is -2.27. The van der Waals surface area contributed by atoms with Gasteiger partial charge >= 0.3 is 0 Å². The quantitative estimate of drug-likeness (QED) is 0.805. The Kier molecular flexibility index (Phi) is 7.65. The number of hydrogen-bond donors (Lipinski definition) is 2. The first-order valence-electron chi connectivity index (χ1n) is 9.48. The van der Waals surface area contributed by atoms with E-state index in [0.29, 0.717) is 17.3 Å². The minimum absolute atomic E-state index is 0.0442. The van der Waals surface area contributed by atoms with Crippen molar-refractivity contribution in [2.24, 2.45) is 0 Å². The third-order valence-electron chi connectivity index (χ3n) is 4.52. The Balaban J connectivity index is 1.85. The van der Waals surface area contributed by atoms with Gasteiger partial charge in [-0.05, 0) is 58.9 Å². The Bertz CT molecular complexity index is 660. The van der Waals surface area contributed by atoms with Crippen LogP contribution in [0.1, 0.15) is 34.1 Å². The lowest BCUT2D eigenvalue weighted by atomic mass is 10.1. The van der Waals surface area contributed by atoms with Gasteiger partial charge in [0.15, 0.2) is 0 Å². The van der Waals surface area contributed by atoms with Gasteiger partial charge in [0, 0.05) is 35.9 Å². The van der Waals surface area contributed by atoms with Gasteiger partial charge in [0.1, 0.15) is 0 Å². The maximum atomic E-state index is 12.6. The molecule has 1 atom stereocenters. The first kappa shape index (κ1) is 21.7. The molecule has 1 aliphatic heterocycles. The van der Waals surface area contributed by atoms with Gasteiger partial charge in [0.25, 0.3) is 0 Å². The van der Waals surface area contributed by atoms with Gasteiger partial charge in [-0.25, -0.2) is 0 Å². The Hall–Kier alpha value is -1.63. The molecule has 0 radical (unpaired) electrons. The van der Waals surface area contributed by atoms with Crippen LogP contribution in [0.2, 0.25) is 5.02 Å². The van der Waals surface area contributed by atoms with Gasteiger partial charge in [-0.1, -0.05) is 17.7 Å². The second-order valence-electron chi connectivity index (χ2n) is 8.14. The summed E-state index contributed by atoms with van der Waals surface area (Å²) in [6.07, 6.45) is 0.928. The van der Waals surface area contributed by atoms with Crippen molar-refractivity contribution in [3.05, 3.63) is 29.3 Å². The van der Waals surface area contributed by atoms with Crippen molar-refractivity contribution < 1.29 is 9.59 Å². The third kappa shape index (κ3) is 7.48. The van der Waals surface area contributed by atoms with E-state index in [9.17, 15) is 9.59 Å². The summed E-state index contributed by atoms with van der Waals surface area (Å²) in [5.74, 6) is -0.00103. The second-order valence-corrected chi connectivity index (χ2v) is 8.58. The lowest BCUT2D eigenvalue weighted by Crippen LogP contribution is -2.47. The SMILES string of the molecule is C[C@H](C(=O)Nc1cccc(Cl)c1)N1CCCN(CC(=O)NC(C)(C)C)CC1. The van der Waals surface area contributed by atoms with Crippen molar-refractivity contribution in [3.8, 4) is 0 Å².